The number of amides is 2. The Morgan fingerprint density at radius 1 is 1.37 bits per heavy atom. The number of likely N-dealkylation sites (tertiary alicyclic amines) is 1. The fraction of sp³-hybridized carbons (Fsp3) is 0.560. The topological polar surface area (TPSA) is 35.6 Å². The average Bonchev–Trinajstić information content (AvgIpc) is 2.93. The maximum Gasteiger partial charge on any atom is 0.317 e. The molecule has 30 heavy (non-hydrogen) atoms. The third kappa shape index (κ3) is 9.82. The number of halogens is 1. The maximum atomic E-state index is 12.9. The highest BCUT2D eigenvalue weighted by atomic mass is 35.5. The van der Waals surface area contributed by atoms with Gasteiger partial charge in [0.1, 0.15) is 0 Å². The first kappa shape index (κ1) is 26.3. The Hall–Kier alpha value is -1.78. The summed E-state index contributed by atoms with van der Waals surface area (Å²) in [5.41, 5.74) is 1.16. The van der Waals surface area contributed by atoms with E-state index in [9.17, 15) is 4.79 Å². The minimum atomic E-state index is 0.0330. The number of urea groups is 1. The van der Waals surface area contributed by atoms with Crippen molar-refractivity contribution >= 4 is 17.6 Å². The number of rotatable bonds is 11. The van der Waals surface area contributed by atoms with E-state index in [1.165, 1.54) is 0 Å². The molecule has 0 spiro atoms. The van der Waals surface area contributed by atoms with Crippen molar-refractivity contribution in [2.45, 2.75) is 52.5 Å². The predicted molar refractivity (Wildman–Crippen MR) is 131 cm³/mol. The molecule has 0 aromatic rings. The lowest BCUT2D eigenvalue weighted by Gasteiger charge is -2.33. The van der Waals surface area contributed by atoms with Crippen molar-refractivity contribution in [1.29, 1.82) is 0 Å². The van der Waals surface area contributed by atoms with E-state index >= 15 is 0 Å². The van der Waals surface area contributed by atoms with E-state index in [0.717, 1.165) is 55.9 Å². The SMILES string of the molecule is C=C/C=C(\C=C)CN1CCCCC(N(CC)C(=O)NCCC(C)/C=C(Cl)\C=C/C)C1. The Morgan fingerprint density at radius 3 is 2.77 bits per heavy atom. The predicted octanol–water partition coefficient (Wildman–Crippen LogP) is 5.90. The molecule has 1 fully saturated rings. The van der Waals surface area contributed by atoms with Crippen molar-refractivity contribution in [3.63, 3.8) is 0 Å². The molecule has 0 aliphatic carbocycles. The summed E-state index contributed by atoms with van der Waals surface area (Å²) in [7, 11) is 0. The molecule has 1 rings (SSSR count). The minimum Gasteiger partial charge on any atom is -0.338 e. The van der Waals surface area contributed by atoms with Gasteiger partial charge in [-0.2, -0.15) is 0 Å². The summed E-state index contributed by atoms with van der Waals surface area (Å²) in [6.45, 7) is 18.0. The molecule has 0 radical (unpaired) electrons. The van der Waals surface area contributed by atoms with Gasteiger partial charge < -0.3 is 10.2 Å². The van der Waals surface area contributed by atoms with Crippen LogP contribution >= 0.6 is 11.6 Å². The fourth-order valence-corrected chi connectivity index (χ4v) is 4.18. The van der Waals surface area contributed by atoms with Gasteiger partial charge in [0.2, 0.25) is 0 Å². The first-order valence-electron chi connectivity index (χ1n) is 11.2. The van der Waals surface area contributed by atoms with E-state index < -0.39 is 0 Å². The molecule has 0 aromatic carbocycles. The normalized spacial score (nSPS) is 19.9. The molecular formula is C25H40ClN3O. The van der Waals surface area contributed by atoms with Gasteiger partial charge in [-0.3, -0.25) is 4.90 Å². The third-order valence-corrected chi connectivity index (χ3v) is 5.67. The van der Waals surface area contributed by atoms with Gasteiger partial charge in [0, 0.05) is 37.3 Å². The monoisotopic (exact) mass is 433 g/mol. The second kappa shape index (κ2) is 15.1. The lowest BCUT2D eigenvalue weighted by molar-refractivity contribution is 0.155. The summed E-state index contributed by atoms with van der Waals surface area (Å²) in [6.07, 6.45) is 15.8. The van der Waals surface area contributed by atoms with Crippen molar-refractivity contribution in [3.8, 4) is 0 Å². The van der Waals surface area contributed by atoms with Crippen LogP contribution in [0.4, 0.5) is 4.79 Å². The van der Waals surface area contributed by atoms with Crippen LogP contribution < -0.4 is 5.32 Å². The second-order valence-corrected chi connectivity index (χ2v) is 8.34. The molecule has 0 saturated carbocycles. The molecule has 2 amide bonds. The lowest BCUT2D eigenvalue weighted by atomic mass is 10.1. The summed E-state index contributed by atoms with van der Waals surface area (Å²) in [5, 5.41) is 3.86. The molecule has 1 N–H and O–H groups in total. The molecule has 0 bridgehead atoms. The van der Waals surface area contributed by atoms with Gasteiger partial charge in [0.25, 0.3) is 0 Å². The van der Waals surface area contributed by atoms with Gasteiger partial charge in [0.15, 0.2) is 0 Å². The number of hydrogen-bond donors (Lipinski definition) is 1. The molecule has 0 aromatic heterocycles. The Morgan fingerprint density at radius 2 is 2.13 bits per heavy atom. The van der Waals surface area contributed by atoms with Crippen LogP contribution in [0.3, 0.4) is 0 Å². The Balaban J connectivity index is 2.64. The van der Waals surface area contributed by atoms with Crippen LogP contribution in [0.1, 0.15) is 46.5 Å². The number of hydrogen-bond acceptors (Lipinski definition) is 2. The molecule has 1 saturated heterocycles. The van der Waals surface area contributed by atoms with E-state index in [1.54, 1.807) is 6.08 Å². The molecule has 168 valence electrons. The first-order valence-corrected chi connectivity index (χ1v) is 11.5. The molecule has 1 heterocycles. The van der Waals surface area contributed by atoms with Crippen molar-refractivity contribution in [1.82, 2.24) is 15.1 Å². The van der Waals surface area contributed by atoms with E-state index in [-0.39, 0.29) is 12.1 Å². The Bertz CT molecular complexity index is 638. The third-order valence-electron chi connectivity index (χ3n) is 5.42. The number of nitrogens with zero attached hydrogens (tertiary/aromatic N) is 2. The number of carbonyl (C=O) groups is 1. The zero-order valence-corrected chi connectivity index (χ0v) is 19.8. The molecular weight excluding hydrogens is 394 g/mol. The highest BCUT2D eigenvalue weighted by Crippen LogP contribution is 2.18. The zero-order valence-electron chi connectivity index (χ0n) is 19.1. The Labute approximate surface area is 189 Å². The molecule has 2 atom stereocenters. The fourth-order valence-electron chi connectivity index (χ4n) is 3.83. The molecule has 2 unspecified atom stereocenters. The van der Waals surface area contributed by atoms with Crippen molar-refractivity contribution < 1.29 is 4.79 Å². The minimum absolute atomic E-state index is 0.0330. The van der Waals surface area contributed by atoms with Crippen LogP contribution in [0.2, 0.25) is 0 Å². The number of likely N-dealkylation sites (N-methyl/N-ethyl adjacent to an activating group) is 1. The first-order chi connectivity index (χ1) is 14.4. The Kier molecular flexibility index (Phi) is 13.2. The zero-order chi connectivity index (χ0) is 22.4. The maximum absolute atomic E-state index is 12.9. The van der Waals surface area contributed by atoms with E-state index in [2.05, 4.69) is 37.2 Å². The highest BCUT2D eigenvalue weighted by Gasteiger charge is 2.26. The van der Waals surface area contributed by atoms with Crippen LogP contribution in [-0.2, 0) is 0 Å². The molecule has 5 heteroatoms. The number of allylic oxidation sites excluding steroid dienone is 6. The summed E-state index contributed by atoms with van der Waals surface area (Å²) in [5.74, 6) is 0.312. The van der Waals surface area contributed by atoms with Gasteiger partial charge in [0.05, 0.1) is 0 Å². The summed E-state index contributed by atoms with van der Waals surface area (Å²) in [6, 6.07) is 0.263. The van der Waals surface area contributed by atoms with Gasteiger partial charge >= 0.3 is 6.03 Å². The van der Waals surface area contributed by atoms with Crippen LogP contribution in [0.15, 0.2) is 60.2 Å². The van der Waals surface area contributed by atoms with Crippen LogP contribution in [-0.4, -0.2) is 54.6 Å². The van der Waals surface area contributed by atoms with Crippen molar-refractivity contribution in [2.24, 2.45) is 5.92 Å². The van der Waals surface area contributed by atoms with Crippen molar-refractivity contribution in [2.75, 3.05) is 32.7 Å². The quantitative estimate of drug-likeness (QED) is 0.412. The number of carbonyl (C=O) groups excluding carboxylic acids is 1. The van der Waals surface area contributed by atoms with Crippen molar-refractivity contribution in [3.05, 3.63) is 60.2 Å². The van der Waals surface area contributed by atoms with Crippen LogP contribution in [0, 0.1) is 5.92 Å². The molecule has 1 aliphatic heterocycles. The second-order valence-electron chi connectivity index (χ2n) is 7.90. The largest absolute Gasteiger partial charge is 0.338 e. The smallest absolute Gasteiger partial charge is 0.317 e. The van der Waals surface area contributed by atoms with Gasteiger partial charge in [-0.1, -0.05) is 68.5 Å². The highest BCUT2D eigenvalue weighted by molar-refractivity contribution is 6.31. The molecule has 4 nitrogen and oxygen atoms in total. The number of nitrogens with one attached hydrogen (secondary N) is 1. The summed E-state index contributed by atoms with van der Waals surface area (Å²) >= 11 is 6.15. The summed E-state index contributed by atoms with van der Waals surface area (Å²) < 4.78 is 0. The van der Waals surface area contributed by atoms with E-state index in [1.807, 2.05) is 42.2 Å². The van der Waals surface area contributed by atoms with Gasteiger partial charge in [-0.25, -0.2) is 4.79 Å². The summed E-state index contributed by atoms with van der Waals surface area (Å²) in [4.78, 5) is 17.3. The standard InChI is InChI=1S/C25H40ClN3O/c1-6-12-22(8-3)19-28-17-11-10-14-24(20-28)29(9-4)25(30)27-16-15-21(5)18-23(26)13-7-2/h6-8,12-13,18,21,24H,1,3,9-11,14-17,19-20H2,2,4-5H3,(H,27,30)/b13-7-,22-12+,23-18+. The van der Waals surface area contributed by atoms with E-state index in [0.29, 0.717) is 19.0 Å². The van der Waals surface area contributed by atoms with Crippen LogP contribution in [0.5, 0.6) is 0 Å². The van der Waals surface area contributed by atoms with Gasteiger partial charge in [-0.05, 0) is 57.2 Å². The van der Waals surface area contributed by atoms with E-state index in [4.69, 9.17) is 11.6 Å². The average molecular weight is 434 g/mol. The van der Waals surface area contributed by atoms with Gasteiger partial charge in [-0.15, -0.1) is 0 Å². The lowest BCUT2D eigenvalue weighted by Crippen LogP contribution is -2.50. The molecule has 1 aliphatic rings. The van der Waals surface area contributed by atoms with Crippen LogP contribution in [0.25, 0.3) is 0 Å².